The van der Waals surface area contributed by atoms with Gasteiger partial charge in [0.2, 0.25) is 0 Å². The molecule has 0 atom stereocenters. The Labute approximate surface area is 99.0 Å². The number of hydrogen-bond acceptors (Lipinski definition) is 2. The van der Waals surface area contributed by atoms with Gasteiger partial charge in [-0.25, -0.2) is 0 Å². The molecule has 0 radical (unpaired) electrons. The predicted molar refractivity (Wildman–Crippen MR) is 70.0 cm³/mol. The first kappa shape index (κ1) is 13.3. The summed E-state index contributed by atoms with van der Waals surface area (Å²) in [7, 11) is 0. The first-order chi connectivity index (χ1) is 7.77. The van der Waals surface area contributed by atoms with Crippen molar-refractivity contribution in [1.29, 1.82) is 0 Å². The summed E-state index contributed by atoms with van der Waals surface area (Å²) in [5, 5.41) is 6.44. The lowest BCUT2D eigenvalue weighted by molar-refractivity contribution is 0.534. The zero-order valence-electron chi connectivity index (χ0n) is 10.8. The van der Waals surface area contributed by atoms with E-state index < -0.39 is 0 Å². The minimum absolute atomic E-state index is 1.12. The molecular weight excluding hydrogens is 198 g/mol. The van der Waals surface area contributed by atoms with E-state index in [4.69, 9.17) is 0 Å². The molecule has 1 aliphatic heterocycles. The predicted octanol–water partition coefficient (Wildman–Crippen LogP) is 1.63. The van der Waals surface area contributed by atoms with Crippen LogP contribution in [0.2, 0.25) is 0 Å². The maximum Gasteiger partial charge on any atom is 0.0178 e. The van der Waals surface area contributed by atoms with Gasteiger partial charge >= 0.3 is 0 Å². The number of aromatic amines is 1. The van der Waals surface area contributed by atoms with Crippen LogP contribution in [0.3, 0.4) is 0 Å². The van der Waals surface area contributed by atoms with Crippen LogP contribution < -0.4 is 10.6 Å². The lowest BCUT2D eigenvalue weighted by Gasteiger charge is -2.11. The Balaban J connectivity index is 0.000000181. The van der Waals surface area contributed by atoms with Crippen LogP contribution in [-0.2, 0) is 12.8 Å². The molecule has 3 heteroatoms. The topological polar surface area (TPSA) is 39.8 Å². The van der Waals surface area contributed by atoms with Gasteiger partial charge in [0.05, 0.1) is 0 Å². The smallest absolute Gasteiger partial charge is 0.0178 e. The average molecular weight is 223 g/mol. The zero-order chi connectivity index (χ0) is 11.8. The number of piperazine rings is 1. The van der Waals surface area contributed by atoms with Crippen molar-refractivity contribution in [1.82, 2.24) is 15.6 Å². The van der Waals surface area contributed by atoms with Gasteiger partial charge in [0.25, 0.3) is 0 Å². The summed E-state index contributed by atoms with van der Waals surface area (Å²) < 4.78 is 0. The molecule has 0 saturated carbocycles. The summed E-state index contributed by atoms with van der Waals surface area (Å²) in [5.41, 5.74) is 4.16. The van der Waals surface area contributed by atoms with Crippen molar-refractivity contribution >= 4 is 0 Å². The third-order valence-electron chi connectivity index (χ3n) is 2.82. The van der Waals surface area contributed by atoms with Crippen LogP contribution in [0.4, 0.5) is 0 Å². The molecule has 0 unspecified atom stereocenters. The van der Waals surface area contributed by atoms with Crippen molar-refractivity contribution in [2.24, 2.45) is 0 Å². The number of aryl methyl sites for hydroxylation is 3. The third kappa shape index (κ3) is 4.37. The Bertz CT molecular complexity index is 254. The fourth-order valence-electron chi connectivity index (χ4n) is 1.94. The van der Waals surface area contributed by atoms with Gasteiger partial charge in [-0.15, -0.1) is 0 Å². The third-order valence-corrected chi connectivity index (χ3v) is 2.82. The van der Waals surface area contributed by atoms with Crippen LogP contribution in [0.25, 0.3) is 0 Å². The van der Waals surface area contributed by atoms with Crippen molar-refractivity contribution in [3.63, 3.8) is 0 Å². The van der Waals surface area contributed by atoms with Crippen molar-refractivity contribution < 1.29 is 0 Å². The van der Waals surface area contributed by atoms with Crippen LogP contribution in [-0.4, -0.2) is 31.2 Å². The molecule has 3 nitrogen and oxygen atoms in total. The van der Waals surface area contributed by atoms with Crippen LogP contribution in [0.15, 0.2) is 6.07 Å². The molecule has 16 heavy (non-hydrogen) atoms. The van der Waals surface area contributed by atoms with E-state index in [9.17, 15) is 0 Å². The maximum absolute atomic E-state index is 3.35. The Morgan fingerprint density at radius 3 is 1.88 bits per heavy atom. The van der Waals surface area contributed by atoms with Gasteiger partial charge in [-0.2, -0.15) is 0 Å². The second-order valence-corrected chi connectivity index (χ2v) is 4.16. The molecule has 0 spiro atoms. The van der Waals surface area contributed by atoms with E-state index in [1.54, 1.807) is 0 Å². The fraction of sp³-hybridized carbons (Fsp3) is 0.692. The Morgan fingerprint density at radius 1 is 1.00 bits per heavy atom. The zero-order valence-corrected chi connectivity index (χ0v) is 10.8. The molecule has 1 fully saturated rings. The number of hydrogen-bond donors (Lipinski definition) is 3. The van der Waals surface area contributed by atoms with Gasteiger partial charge in [0, 0.05) is 37.6 Å². The van der Waals surface area contributed by atoms with Gasteiger partial charge in [0.1, 0.15) is 0 Å². The van der Waals surface area contributed by atoms with Crippen LogP contribution in [0, 0.1) is 6.92 Å². The number of rotatable bonds is 2. The van der Waals surface area contributed by atoms with E-state index >= 15 is 0 Å². The highest BCUT2D eigenvalue weighted by molar-refractivity contribution is 5.25. The first-order valence-electron chi connectivity index (χ1n) is 6.36. The Kier molecular flexibility index (Phi) is 6.19. The normalized spacial score (nSPS) is 15.4. The van der Waals surface area contributed by atoms with Gasteiger partial charge < -0.3 is 15.6 Å². The highest BCUT2D eigenvalue weighted by atomic mass is 15.0. The highest BCUT2D eigenvalue weighted by Gasteiger charge is 2.00. The van der Waals surface area contributed by atoms with Gasteiger partial charge in [-0.1, -0.05) is 13.8 Å². The monoisotopic (exact) mass is 223 g/mol. The molecule has 0 aliphatic carbocycles. The van der Waals surface area contributed by atoms with E-state index in [0.29, 0.717) is 0 Å². The standard InChI is InChI=1S/C9H15N.C4H10N2/c1-4-8-6-7(3)10-9(8)5-2;1-2-6-4-3-5-1/h6,10H,4-5H2,1-3H3;5-6H,1-4H2. The molecule has 1 aromatic heterocycles. The van der Waals surface area contributed by atoms with Crippen molar-refractivity contribution in [3.05, 3.63) is 23.0 Å². The molecule has 92 valence electrons. The number of aromatic nitrogens is 1. The lowest BCUT2D eigenvalue weighted by atomic mass is 10.1. The lowest BCUT2D eigenvalue weighted by Crippen LogP contribution is -2.39. The number of nitrogens with one attached hydrogen (secondary N) is 3. The maximum atomic E-state index is 3.35. The average Bonchev–Trinajstić information content (AvgIpc) is 2.72. The summed E-state index contributed by atoms with van der Waals surface area (Å²) in [4.78, 5) is 3.35. The summed E-state index contributed by atoms with van der Waals surface area (Å²) in [6.07, 6.45) is 2.27. The molecule has 3 N–H and O–H groups in total. The van der Waals surface area contributed by atoms with E-state index in [1.165, 1.54) is 17.0 Å². The van der Waals surface area contributed by atoms with Gasteiger partial charge in [-0.05, 0) is 31.4 Å². The molecule has 1 aromatic rings. The van der Waals surface area contributed by atoms with Crippen LogP contribution >= 0.6 is 0 Å². The molecule has 0 amide bonds. The highest BCUT2D eigenvalue weighted by Crippen LogP contribution is 2.10. The Hall–Kier alpha value is -0.800. The molecule has 0 aromatic carbocycles. The second-order valence-electron chi connectivity index (χ2n) is 4.16. The van der Waals surface area contributed by atoms with Gasteiger partial charge in [0.15, 0.2) is 0 Å². The van der Waals surface area contributed by atoms with E-state index in [2.05, 4.69) is 42.5 Å². The van der Waals surface area contributed by atoms with Crippen molar-refractivity contribution in [3.8, 4) is 0 Å². The van der Waals surface area contributed by atoms with Crippen LogP contribution in [0.1, 0.15) is 30.8 Å². The second kappa shape index (κ2) is 7.47. The molecule has 1 aliphatic rings. The van der Waals surface area contributed by atoms with E-state index in [0.717, 1.165) is 39.0 Å². The molecule has 2 rings (SSSR count). The molecular formula is C13H25N3. The first-order valence-corrected chi connectivity index (χ1v) is 6.36. The Morgan fingerprint density at radius 2 is 1.56 bits per heavy atom. The summed E-state index contributed by atoms with van der Waals surface area (Å²) in [5.74, 6) is 0. The molecule has 1 saturated heterocycles. The minimum Gasteiger partial charge on any atom is -0.362 e. The van der Waals surface area contributed by atoms with E-state index in [1.807, 2.05) is 0 Å². The fourth-order valence-corrected chi connectivity index (χ4v) is 1.94. The molecule has 2 heterocycles. The summed E-state index contributed by atoms with van der Waals surface area (Å²) in [6, 6.07) is 2.23. The quantitative estimate of drug-likeness (QED) is 0.713. The number of H-pyrrole nitrogens is 1. The summed E-state index contributed by atoms with van der Waals surface area (Å²) in [6.45, 7) is 11.0. The largest absolute Gasteiger partial charge is 0.362 e. The van der Waals surface area contributed by atoms with E-state index in [-0.39, 0.29) is 0 Å². The van der Waals surface area contributed by atoms with Gasteiger partial charge in [-0.3, -0.25) is 0 Å². The van der Waals surface area contributed by atoms with Crippen LogP contribution in [0.5, 0.6) is 0 Å². The van der Waals surface area contributed by atoms with Crippen molar-refractivity contribution in [2.75, 3.05) is 26.2 Å². The molecule has 0 bridgehead atoms. The van der Waals surface area contributed by atoms with Crippen molar-refractivity contribution in [2.45, 2.75) is 33.6 Å². The minimum atomic E-state index is 1.12. The SMILES string of the molecule is C1CNCCN1.CCc1cc(C)[nH]c1CC. The summed E-state index contributed by atoms with van der Waals surface area (Å²) >= 11 is 0.